The highest BCUT2D eigenvalue weighted by atomic mass is 32.2. The van der Waals surface area contributed by atoms with Crippen molar-refractivity contribution in [1.82, 2.24) is 5.32 Å². The molecule has 0 fully saturated rings. The number of aliphatic hydroxyl groups excluding tert-OH is 1. The maximum Gasteiger partial charge on any atom is 0.220 e. The zero-order valence-corrected chi connectivity index (χ0v) is 10.8. The quantitative estimate of drug-likeness (QED) is 0.696. The molecule has 0 unspecified atom stereocenters. The summed E-state index contributed by atoms with van der Waals surface area (Å²) in [5.74, 6) is 0.505. The van der Waals surface area contributed by atoms with Crippen molar-refractivity contribution >= 4 is 17.7 Å². The Hall–Kier alpha value is -0.480. The number of hydrogen-bond donors (Lipinski definition) is 2. The standard InChI is InChI=1S/C12H21NO2S/c1-9(11(8-14)16-2)13-12(15)7-10-5-3-4-6-10/h3,5,9-11,14H,4,6-8H2,1-2H3,(H,13,15)/t9-,10-,11+/m0/s1. The molecule has 1 aliphatic carbocycles. The maximum absolute atomic E-state index is 11.7. The van der Waals surface area contributed by atoms with Gasteiger partial charge in [-0.15, -0.1) is 0 Å². The molecule has 0 aliphatic heterocycles. The van der Waals surface area contributed by atoms with Crippen molar-refractivity contribution in [1.29, 1.82) is 0 Å². The minimum atomic E-state index is 0.0258. The van der Waals surface area contributed by atoms with Gasteiger partial charge in [0.25, 0.3) is 0 Å². The van der Waals surface area contributed by atoms with Crippen LogP contribution in [0.25, 0.3) is 0 Å². The summed E-state index contributed by atoms with van der Waals surface area (Å²) < 4.78 is 0. The molecule has 0 aromatic carbocycles. The molecule has 0 saturated heterocycles. The molecule has 0 saturated carbocycles. The second kappa shape index (κ2) is 6.97. The van der Waals surface area contributed by atoms with Gasteiger partial charge in [-0.1, -0.05) is 12.2 Å². The Morgan fingerprint density at radius 1 is 1.69 bits per heavy atom. The van der Waals surface area contributed by atoms with E-state index < -0.39 is 0 Å². The van der Waals surface area contributed by atoms with E-state index in [0.717, 1.165) is 12.8 Å². The zero-order valence-electron chi connectivity index (χ0n) is 9.98. The van der Waals surface area contributed by atoms with Crippen LogP contribution < -0.4 is 5.32 Å². The van der Waals surface area contributed by atoms with Crippen LogP contribution in [0.2, 0.25) is 0 Å². The Balaban J connectivity index is 2.29. The van der Waals surface area contributed by atoms with Gasteiger partial charge >= 0.3 is 0 Å². The van der Waals surface area contributed by atoms with E-state index in [4.69, 9.17) is 5.11 Å². The Labute approximate surface area is 102 Å². The van der Waals surface area contributed by atoms with E-state index in [1.165, 1.54) is 0 Å². The van der Waals surface area contributed by atoms with Crippen molar-refractivity contribution in [2.75, 3.05) is 12.9 Å². The SMILES string of the molecule is CS[C@H](CO)[C@H](C)NC(=O)C[C@H]1C=CCC1. The van der Waals surface area contributed by atoms with Crippen molar-refractivity contribution in [3.63, 3.8) is 0 Å². The van der Waals surface area contributed by atoms with Crippen molar-refractivity contribution < 1.29 is 9.90 Å². The molecule has 1 aliphatic rings. The third-order valence-corrected chi connectivity index (χ3v) is 4.15. The van der Waals surface area contributed by atoms with Crippen LogP contribution >= 0.6 is 11.8 Å². The first-order valence-corrected chi connectivity index (χ1v) is 7.05. The van der Waals surface area contributed by atoms with E-state index in [1.54, 1.807) is 11.8 Å². The van der Waals surface area contributed by atoms with Crippen molar-refractivity contribution in [3.05, 3.63) is 12.2 Å². The third kappa shape index (κ3) is 4.18. The smallest absolute Gasteiger partial charge is 0.220 e. The number of carbonyl (C=O) groups is 1. The third-order valence-electron chi connectivity index (χ3n) is 2.99. The van der Waals surface area contributed by atoms with Crippen LogP contribution in [0.1, 0.15) is 26.2 Å². The maximum atomic E-state index is 11.7. The monoisotopic (exact) mass is 243 g/mol. The number of carbonyl (C=O) groups excluding carboxylic acids is 1. The minimum Gasteiger partial charge on any atom is -0.395 e. The molecule has 2 N–H and O–H groups in total. The first-order chi connectivity index (χ1) is 7.67. The zero-order chi connectivity index (χ0) is 12.0. The topological polar surface area (TPSA) is 49.3 Å². The molecule has 3 nitrogen and oxygen atoms in total. The van der Waals surface area contributed by atoms with Gasteiger partial charge in [0.05, 0.1) is 6.61 Å². The first-order valence-electron chi connectivity index (χ1n) is 5.77. The molecule has 0 aromatic rings. The van der Waals surface area contributed by atoms with Crippen molar-refractivity contribution in [3.8, 4) is 0 Å². The number of aliphatic hydroxyl groups is 1. The number of nitrogens with one attached hydrogen (secondary N) is 1. The van der Waals surface area contributed by atoms with Crippen LogP contribution in [-0.2, 0) is 4.79 Å². The van der Waals surface area contributed by atoms with Crippen LogP contribution in [0, 0.1) is 5.92 Å². The minimum absolute atomic E-state index is 0.0258. The van der Waals surface area contributed by atoms with Gasteiger partial charge in [0.15, 0.2) is 0 Å². The molecular formula is C12H21NO2S. The highest BCUT2D eigenvalue weighted by Gasteiger charge is 2.19. The highest BCUT2D eigenvalue weighted by Crippen LogP contribution is 2.20. The van der Waals surface area contributed by atoms with Gasteiger partial charge in [0, 0.05) is 17.7 Å². The number of hydrogen-bond acceptors (Lipinski definition) is 3. The summed E-state index contributed by atoms with van der Waals surface area (Å²) >= 11 is 1.58. The lowest BCUT2D eigenvalue weighted by atomic mass is 10.0. The average molecular weight is 243 g/mol. The van der Waals surface area contributed by atoms with E-state index in [-0.39, 0.29) is 23.8 Å². The summed E-state index contributed by atoms with van der Waals surface area (Å²) in [6.07, 6.45) is 8.98. The molecule has 0 spiro atoms. The van der Waals surface area contributed by atoms with Crippen LogP contribution in [0.4, 0.5) is 0 Å². The average Bonchev–Trinajstić information content (AvgIpc) is 2.71. The number of thioether (sulfide) groups is 1. The van der Waals surface area contributed by atoms with Crippen LogP contribution in [0.15, 0.2) is 12.2 Å². The van der Waals surface area contributed by atoms with Crippen LogP contribution in [0.5, 0.6) is 0 Å². The molecule has 16 heavy (non-hydrogen) atoms. The second-order valence-corrected chi connectivity index (χ2v) is 5.36. The fraction of sp³-hybridized carbons (Fsp3) is 0.750. The first kappa shape index (κ1) is 13.6. The van der Waals surface area contributed by atoms with E-state index >= 15 is 0 Å². The number of allylic oxidation sites excluding steroid dienone is 2. The van der Waals surface area contributed by atoms with E-state index in [9.17, 15) is 4.79 Å². The van der Waals surface area contributed by atoms with Gasteiger partial charge in [-0.25, -0.2) is 0 Å². The molecule has 0 bridgehead atoms. The van der Waals surface area contributed by atoms with Crippen molar-refractivity contribution in [2.45, 2.75) is 37.5 Å². The molecule has 92 valence electrons. The predicted molar refractivity (Wildman–Crippen MR) is 68.5 cm³/mol. The Kier molecular flexibility index (Phi) is 5.91. The fourth-order valence-corrected chi connectivity index (χ4v) is 2.57. The highest BCUT2D eigenvalue weighted by molar-refractivity contribution is 7.99. The predicted octanol–water partition coefficient (Wildman–Crippen LogP) is 1.57. The second-order valence-electron chi connectivity index (χ2n) is 4.28. The summed E-state index contributed by atoms with van der Waals surface area (Å²) in [6, 6.07) is 0.0258. The molecule has 3 atom stereocenters. The van der Waals surface area contributed by atoms with Gasteiger partial charge in [-0.2, -0.15) is 11.8 Å². The van der Waals surface area contributed by atoms with Gasteiger partial charge < -0.3 is 10.4 Å². The molecule has 1 amide bonds. The van der Waals surface area contributed by atoms with E-state index in [0.29, 0.717) is 12.3 Å². The summed E-state index contributed by atoms with van der Waals surface area (Å²) in [6.45, 7) is 2.05. The molecule has 0 radical (unpaired) electrons. The van der Waals surface area contributed by atoms with Gasteiger partial charge in [-0.05, 0) is 31.9 Å². The summed E-state index contributed by atoms with van der Waals surface area (Å²) in [5.41, 5.74) is 0. The lowest BCUT2D eigenvalue weighted by Gasteiger charge is -2.21. The molecule has 4 heteroatoms. The summed E-state index contributed by atoms with van der Waals surface area (Å²) in [5, 5.41) is 12.2. The molecule has 1 rings (SSSR count). The van der Waals surface area contributed by atoms with Gasteiger partial charge in [0.1, 0.15) is 0 Å². The Bertz CT molecular complexity index is 251. The van der Waals surface area contributed by atoms with E-state index in [1.807, 2.05) is 13.2 Å². The van der Waals surface area contributed by atoms with E-state index in [2.05, 4.69) is 17.5 Å². The fourth-order valence-electron chi connectivity index (χ4n) is 1.95. The largest absolute Gasteiger partial charge is 0.395 e. The van der Waals surface area contributed by atoms with Gasteiger partial charge in [0.2, 0.25) is 5.91 Å². The Morgan fingerprint density at radius 3 is 2.94 bits per heavy atom. The normalized spacial score (nSPS) is 23.1. The lowest BCUT2D eigenvalue weighted by molar-refractivity contribution is -0.122. The number of rotatable bonds is 6. The van der Waals surface area contributed by atoms with Gasteiger partial charge in [-0.3, -0.25) is 4.79 Å². The Morgan fingerprint density at radius 2 is 2.44 bits per heavy atom. The number of amides is 1. The molecule has 0 heterocycles. The molecular weight excluding hydrogens is 222 g/mol. The summed E-state index contributed by atoms with van der Waals surface area (Å²) in [4.78, 5) is 11.7. The lowest BCUT2D eigenvalue weighted by Crippen LogP contribution is -2.41. The summed E-state index contributed by atoms with van der Waals surface area (Å²) in [7, 11) is 0. The van der Waals surface area contributed by atoms with Crippen LogP contribution in [-0.4, -0.2) is 35.2 Å². The van der Waals surface area contributed by atoms with Crippen molar-refractivity contribution in [2.24, 2.45) is 5.92 Å². The molecule has 0 aromatic heterocycles. The van der Waals surface area contributed by atoms with Crippen LogP contribution in [0.3, 0.4) is 0 Å².